The van der Waals surface area contributed by atoms with Crippen LogP contribution in [0.2, 0.25) is 0 Å². The third-order valence-corrected chi connectivity index (χ3v) is 1.77. The van der Waals surface area contributed by atoms with E-state index in [0.717, 1.165) is 0 Å². The van der Waals surface area contributed by atoms with Crippen molar-refractivity contribution < 1.29 is 24.9 Å². The number of aromatic nitrogens is 1. The molecule has 0 saturated heterocycles. The van der Waals surface area contributed by atoms with Crippen LogP contribution in [-0.2, 0) is 0 Å². The van der Waals surface area contributed by atoms with Gasteiger partial charge in [0.2, 0.25) is 5.69 Å². The van der Waals surface area contributed by atoms with Crippen LogP contribution >= 0.6 is 0 Å². The van der Waals surface area contributed by atoms with E-state index in [1.54, 1.807) is 0 Å². The van der Waals surface area contributed by atoms with Gasteiger partial charge in [0.05, 0.1) is 0 Å². The summed E-state index contributed by atoms with van der Waals surface area (Å²) < 4.78 is 2.08. The van der Waals surface area contributed by atoms with Gasteiger partial charge in [0, 0.05) is 24.3 Å². The maximum atomic E-state index is 2.08. The van der Waals surface area contributed by atoms with Crippen molar-refractivity contribution in [3.63, 3.8) is 0 Å². The van der Waals surface area contributed by atoms with Crippen LogP contribution in [-0.4, -0.2) is 0 Å². The van der Waals surface area contributed by atoms with Gasteiger partial charge in [-0.15, -0.1) is 0 Å². The fourth-order valence-corrected chi connectivity index (χ4v) is 1.17. The fourth-order valence-electron chi connectivity index (χ4n) is 1.17. The first-order valence-electron chi connectivity index (χ1n) is 3.98. The van der Waals surface area contributed by atoms with Crippen LogP contribution in [0.5, 0.6) is 0 Å². The third-order valence-electron chi connectivity index (χ3n) is 1.77. The fraction of sp³-hybridized carbons (Fsp3) is 0. The maximum Gasteiger partial charge on any atom is 1.00 e. The Morgan fingerprint density at radius 3 is 1.92 bits per heavy atom. The number of para-hydroxylation sites is 1. The summed E-state index contributed by atoms with van der Waals surface area (Å²) in [5.74, 6) is 0. The Labute approximate surface area is 91.7 Å². The summed E-state index contributed by atoms with van der Waals surface area (Å²) in [5.41, 5.74) is 1.19. The largest absolute Gasteiger partial charge is 1.00 e. The van der Waals surface area contributed by atoms with E-state index in [0.29, 0.717) is 0 Å². The van der Waals surface area contributed by atoms with Gasteiger partial charge in [-0.25, -0.2) is 0 Å². The van der Waals surface area contributed by atoms with Gasteiger partial charge in [-0.1, -0.05) is 24.3 Å². The number of pyridine rings is 1. The first-order valence-corrected chi connectivity index (χ1v) is 3.98. The quantitative estimate of drug-likeness (QED) is 0.379. The van der Waals surface area contributed by atoms with E-state index in [1.807, 2.05) is 48.8 Å². The average Bonchev–Trinajstić information content (AvgIpc) is 2.21. The predicted molar refractivity (Wildman–Crippen MR) is 49.1 cm³/mol. The number of nitrogens with zero attached hydrogens (tertiary/aromatic N) is 1. The summed E-state index contributed by atoms with van der Waals surface area (Å²) >= 11 is 0. The van der Waals surface area contributed by atoms with Crippen LogP contribution in [0.3, 0.4) is 0 Å². The molecule has 60 valence electrons. The van der Waals surface area contributed by atoms with E-state index in [9.17, 15) is 0 Å². The molecule has 2 aromatic rings. The van der Waals surface area contributed by atoms with E-state index in [-0.39, 0.29) is 20.3 Å². The van der Waals surface area contributed by atoms with E-state index in [4.69, 9.17) is 0 Å². The molecular formula is C11H11LiN+. The number of rotatable bonds is 1. The Morgan fingerprint density at radius 2 is 1.31 bits per heavy atom. The summed E-state index contributed by atoms with van der Waals surface area (Å²) in [7, 11) is 0. The number of hydrogen-bond donors (Lipinski definition) is 0. The Morgan fingerprint density at radius 1 is 0.769 bits per heavy atom. The smallest absolute Gasteiger partial charge is 1.00 e. The van der Waals surface area contributed by atoms with Crippen molar-refractivity contribution in [1.82, 2.24) is 0 Å². The van der Waals surface area contributed by atoms with E-state index >= 15 is 0 Å². The monoisotopic (exact) mass is 164 g/mol. The zero-order valence-electron chi connectivity index (χ0n) is 8.72. The molecule has 0 radical (unpaired) electrons. The molecule has 0 spiro atoms. The Kier molecular flexibility index (Phi) is 3.76. The Balaban J connectivity index is 0.000000845. The van der Waals surface area contributed by atoms with Crippen LogP contribution in [0, 0.1) is 0 Å². The number of hydrogen-bond acceptors (Lipinski definition) is 0. The van der Waals surface area contributed by atoms with Gasteiger partial charge in [0.15, 0.2) is 12.4 Å². The summed E-state index contributed by atoms with van der Waals surface area (Å²) in [6.45, 7) is 0. The second-order valence-corrected chi connectivity index (χ2v) is 2.62. The SMILES string of the molecule is [H-].[Li+].c1ccc(-[n+]2ccccc2)cc1. The molecule has 2 heteroatoms. The van der Waals surface area contributed by atoms with E-state index < -0.39 is 0 Å². The zero-order chi connectivity index (χ0) is 8.23. The Hall–Kier alpha value is -1.03. The molecule has 13 heavy (non-hydrogen) atoms. The first-order chi connectivity index (χ1) is 5.97. The molecule has 0 bridgehead atoms. The van der Waals surface area contributed by atoms with Gasteiger partial charge in [-0.3, -0.25) is 0 Å². The minimum Gasteiger partial charge on any atom is -1.00 e. The molecule has 1 nitrogen and oxygen atoms in total. The standard InChI is InChI=1S/C11H10N.Li.H/c1-3-7-11(8-4-1)12-9-5-2-6-10-12;;/h1-10H;;/q2*+1;-1. The summed E-state index contributed by atoms with van der Waals surface area (Å²) in [4.78, 5) is 0. The molecule has 2 rings (SSSR count). The third kappa shape index (κ3) is 2.45. The number of benzene rings is 1. The van der Waals surface area contributed by atoms with Crippen LogP contribution < -0.4 is 23.4 Å². The van der Waals surface area contributed by atoms with Crippen molar-refractivity contribution in [3.8, 4) is 5.69 Å². The summed E-state index contributed by atoms with van der Waals surface area (Å²) in [6.07, 6.45) is 4.07. The molecule has 1 aromatic heterocycles. The minimum absolute atomic E-state index is 0. The second kappa shape index (κ2) is 4.86. The van der Waals surface area contributed by atoms with Crippen molar-refractivity contribution >= 4 is 0 Å². The molecule has 0 amide bonds. The second-order valence-electron chi connectivity index (χ2n) is 2.62. The van der Waals surface area contributed by atoms with Crippen molar-refractivity contribution in [2.45, 2.75) is 0 Å². The molecule has 0 aliphatic rings. The average molecular weight is 164 g/mol. The molecule has 0 aliphatic heterocycles. The van der Waals surface area contributed by atoms with Crippen LogP contribution in [0.25, 0.3) is 5.69 Å². The zero-order valence-corrected chi connectivity index (χ0v) is 7.72. The van der Waals surface area contributed by atoms with Crippen molar-refractivity contribution in [2.24, 2.45) is 0 Å². The first kappa shape index (κ1) is 10.1. The van der Waals surface area contributed by atoms with Gasteiger partial charge >= 0.3 is 18.9 Å². The molecule has 0 fully saturated rings. The van der Waals surface area contributed by atoms with E-state index in [2.05, 4.69) is 16.7 Å². The molecule has 0 atom stereocenters. The van der Waals surface area contributed by atoms with Crippen LogP contribution in [0.1, 0.15) is 1.43 Å². The summed E-state index contributed by atoms with van der Waals surface area (Å²) in [5, 5.41) is 0. The van der Waals surface area contributed by atoms with Gasteiger partial charge < -0.3 is 1.43 Å². The molecular weight excluding hydrogens is 153 g/mol. The normalized spacial score (nSPS) is 8.92. The van der Waals surface area contributed by atoms with Crippen LogP contribution in [0.15, 0.2) is 60.9 Å². The summed E-state index contributed by atoms with van der Waals surface area (Å²) in [6, 6.07) is 16.3. The van der Waals surface area contributed by atoms with Crippen molar-refractivity contribution in [2.75, 3.05) is 0 Å². The molecule has 0 N–H and O–H groups in total. The van der Waals surface area contributed by atoms with Crippen molar-refractivity contribution in [3.05, 3.63) is 60.9 Å². The molecule has 1 heterocycles. The van der Waals surface area contributed by atoms with Gasteiger partial charge in [-0.05, 0) is 0 Å². The van der Waals surface area contributed by atoms with Crippen molar-refractivity contribution in [1.29, 1.82) is 0 Å². The van der Waals surface area contributed by atoms with Gasteiger partial charge in [0.1, 0.15) is 0 Å². The van der Waals surface area contributed by atoms with Crippen LogP contribution in [0.4, 0.5) is 0 Å². The van der Waals surface area contributed by atoms with Gasteiger partial charge in [-0.2, -0.15) is 4.57 Å². The maximum absolute atomic E-state index is 2.08. The molecule has 0 unspecified atom stereocenters. The molecule has 1 aromatic carbocycles. The molecule has 0 aliphatic carbocycles. The Bertz CT molecular complexity index is 313. The van der Waals surface area contributed by atoms with Gasteiger partial charge in [0.25, 0.3) is 0 Å². The predicted octanol–water partition coefficient (Wildman–Crippen LogP) is -0.920. The minimum atomic E-state index is 0. The molecule has 0 saturated carbocycles. The topological polar surface area (TPSA) is 3.88 Å². The van der Waals surface area contributed by atoms with E-state index in [1.165, 1.54) is 5.69 Å².